The van der Waals surface area contributed by atoms with Crippen molar-refractivity contribution in [3.8, 4) is 6.01 Å². The summed E-state index contributed by atoms with van der Waals surface area (Å²) in [4.78, 5) is 17.5. The first-order valence-electron chi connectivity index (χ1n) is 16.1. The van der Waals surface area contributed by atoms with Crippen LogP contribution in [0, 0.1) is 0 Å². The zero-order chi connectivity index (χ0) is 29.0. The molecule has 2 aromatic heterocycles. The summed E-state index contributed by atoms with van der Waals surface area (Å²) < 4.78 is 8.48. The van der Waals surface area contributed by atoms with Crippen molar-refractivity contribution in [2.24, 2.45) is 0 Å². The summed E-state index contributed by atoms with van der Waals surface area (Å²) in [5.41, 5.74) is 6.04. The second-order valence-corrected chi connectivity index (χ2v) is 12.8. The molecule has 8 rings (SSSR count). The molecule has 9 nitrogen and oxygen atoms in total. The van der Waals surface area contributed by atoms with Gasteiger partial charge in [-0.2, -0.15) is 15.1 Å². The maximum atomic E-state index is 11.0. The molecule has 9 heteroatoms. The molecular formula is C34H41N7O2. The predicted octanol–water partition coefficient (Wildman–Crippen LogP) is 4.34. The number of aryl methyl sites for hydroxylation is 1. The Kier molecular flexibility index (Phi) is 6.75. The van der Waals surface area contributed by atoms with Crippen LogP contribution >= 0.6 is 0 Å². The minimum absolute atomic E-state index is 0.121. The Morgan fingerprint density at radius 3 is 2.63 bits per heavy atom. The van der Waals surface area contributed by atoms with E-state index in [1.807, 2.05) is 16.9 Å². The molecular weight excluding hydrogens is 538 g/mol. The Hall–Kier alpha value is -3.69. The van der Waals surface area contributed by atoms with Crippen molar-refractivity contribution in [3.63, 3.8) is 0 Å². The maximum Gasteiger partial charge on any atom is 0.318 e. The molecule has 224 valence electrons. The van der Waals surface area contributed by atoms with E-state index in [0.29, 0.717) is 38.8 Å². The molecule has 4 aliphatic rings. The van der Waals surface area contributed by atoms with Gasteiger partial charge in [0, 0.05) is 35.9 Å². The number of fused-ring (bicyclic) bond motifs is 4. The van der Waals surface area contributed by atoms with Crippen LogP contribution in [-0.4, -0.2) is 74.2 Å². The summed E-state index contributed by atoms with van der Waals surface area (Å²) in [5.74, 6) is 0.896. The van der Waals surface area contributed by atoms with Gasteiger partial charge in [-0.3, -0.25) is 9.58 Å². The minimum Gasteiger partial charge on any atom is -0.461 e. The molecule has 0 amide bonds. The standard InChI is InChI=1S/C34H41N7O2/c1-2-24-7-3-8-25-9-4-10-30(31(24)25)38-18-12-28-29(22-38)36-33(43-23-34-13-5-16-40(34)17-6-14-34)37-32(28)39-19-26-11-15-35-41(26)21-27(42)20-39/h3-4,7-11,15,27,42H,2,5-6,12-14,16-23H2,1H3. The van der Waals surface area contributed by atoms with Crippen LogP contribution in [0.3, 0.4) is 0 Å². The molecule has 1 N–H and O–H groups in total. The quantitative estimate of drug-likeness (QED) is 0.361. The van der Waals surface area contributed by atoms with Gasteiger partial charge in [-0.15, -0.1) is 0 Å². The van der Waals surface area contributed by atoms with Crippen molar-refractivity contribution in [2.75, 3.05) is 42.6 Å². The van der Waals surface area contributed by atoms with Crippen LogP contribution in [-0.2, 0) is 32.5 Å². The van der Waals surface area contributed by atoms with Crippen LogP contribution in [0.2, 0.25) is 0 Å². The van der Waals surface area contributed by atoms with E-state index in [1.165, 1.54) is 66.4 Å². The van der Waals surface area contributed by atoms with Crippen molar-refractivity contribution in [3.05, 3.63) is 71.2 Å². The normalized spacial score (nSPS) is 21.5. The molecule has 2 fully saturated rings. The van der Waals surface area contributed by atoms with E-state index in [0.717, 1.165) is 36.6 Å². The number of β-amino-alcohol motifs (C(OH)–C–C–N with tert-alkyl or cyclic N) is 1. The van der Waals surface area contributed by atoms with E-state index in [-0.39, 0.29) is 5.54 Å². The van der Waals surface area contributed by atoms with E-state index in [9.17, 15) is 5.11 Å². The number of ether oxygens (including phenoxy) is 1. The molecule has 2 saturated heterocycles. The molecule has 43 heavy (non-hydrogen) atoms. The van der Waals surface area contributed by atoms with Gasteiger partial charge in [0.15, 0.2) is 0 Å². The molecule has 0 bridgehead atoms. The Labute approximate surface area is 253 Å². The average Bonchev–Trinajstić information content (AvgIpc) is 3.72. The number of aliphatic hydroxyl groups is 1. The fourth-order valence-corrected chi connectivity index (χ4v) is 8.13. The van der Waals surface area contributed by atoms with Crippen molar-refractivity contribution >= 4 is 22.3 Å². The summed E-state index contributed by atoms with van der Waals surface area (Å²) in [6.45, 7) is 8.41. The van der Waals surface area contributed by atoms with E-state index in [4.69, 9.17) is 14.7 Å². The number of hydrogen-bond acceptors (Lipinski definition) is 8. The molecule has 0 saturated carbocycles. The first-order chi connectivity index (χ1) is 21.1. The third-order valence-electron chi connectivity index (χ3n) is 10.3. The lowest BCUT2D eigenvalue weighted by Gasteiger charge is -2.35. The molecule has 2 aromatic carbocycles. The molecule has 1 atom stereocenters. The molecule has 4 aromatic rings. The van der Waals surface area contributed by atoms with Gasteiger partial charge in [-0.25, -0.2) is 0 Å². The zero-order valence-electron chi connectivity index (χ0n) is 25.1. The van der Waals surface area contributed by atoms with Crippen LogP contribution in [0.15, 0.2) is 48.7 Å². The van der Waals surface area contributed by atoms with Crippen molar-refractivity contribution in [2.45, 2.75) is 76.7 Å². The van der Waals surface area contributed by atoms with Gasteiger partial charge in [-0.05, 0) is 74.7 Å². The lowest BCUT2D eigenvalue weighted by atomic mass is 9.95. The SMILES string of the molecule is CCc1cccc2cccc(N3CCc4c(nc(OCC56CCCN5CCC6)nc4N4Cc5ccnn5CC(O)C4)C3)c12. The van der Waals surface area contributed by atoms with Crippen molar-refractivity contribution in [1.82, 2.24) is 24.6 Å². The van der Waals surface area contributed by atoms with Gasteiger partial charge < -0.3 is 19.6 Å². The van der Waals surface area contributed by atoms with E-state index in [1.54, 1.807) is 0 Å². The molecule has 6 heterocycles. The number of hydrogen-bond donors (Lipinski definition) is 1. The highest BCUT2D eigenvalue weighted by Gasteiger charge is 2.45. The van der Waals surface area contributed by atoms with Crippen LogP contribution in [0.5, 0.6) is 6.01 Å². The fraction of sp³-hybridized carbons (Fsp3) is 0.500. The molecule has 0 radical (unpaired) electrons. The largest absolute Gasteiger partial charge is 0.461 e. The van der Waals surface area contributed by atoms with Crippen LogP contribution in [0.4, 0.5) is 11.5 Å². The van der Waals surface area contributed by atoms with Crippen LogP contribution in [0.1, 0.15) is 55.1 Å². The number of rotatable bonds is 6. The Morgan fingerprint density at radius 2 is 1.79 bits per heavy atom. The van der Waals surface area contributed by atoms with Gasteiger partial charge in [-0.1, -0.05) is 37.3 Å². The number of aliphatic hydroxyl groups excluding tert-OH is 1. The second kappa shape index (κ2) is 10.8. The van der Waals surface area contributed by atoms with Crippen LogP contribution in [0.25, 0.3) is 10.8 Å². The van der Waals surface area contributed by atoms with Gasteiger partial charge in [0.2, 0.25) is 0 Å². The maximum absolute atomic E-state index is 11.0. The first kappa shape index (κ1) is 26.9. The summed E-state index contributed by atoms with van der Waals surface area (Å²) in [6.07, 6.45) is 7.94. The first-order valence-corrected chi connectivity index (χ1v) is 16.1. The number of aromatic nitrogens is 4. The summed E-state index contributed by atoms with van der Waals surface area (Å²) in [5, 5.41) is 18.0. The second-order valence-electron chi connectivity index (χ2n) is 12.8. The van der Waals surface area contributed by atoms with E-state index in [2.05, 4.69) is 63.1 Å². The molecule has 4 aliphatic heterocycles. The summed E-state index contributed by atoms with van der Waals surface area (Å²) in [7, 11) is 0. The van der Waals surface area contributed by atoms with Crippen molar-refractivity contribution in [1.29, 1.82) is 0 Å². The van der Waals surface area contributed by atoms with E-state index >= 15 is 0 Å². The highest BCUT2D eigenvalue weighted by molar-refractivity contribution is 5.97. The van der Waals surface area contributed by atoms with Gasteiger partial charge >= 0.3 is 6.01 Å². The predicted molar refractivity (Wildman–Crippen MR) is 168 cm³/mol. The van der Waals surface area contributed by atoms with E-state index < -0.39 is 6.10 Å². The van der Waals surface area contributed by atoms with Gasteiger partial charge in [0.05, 0.1) is 42.7 Å². The minimum atomic E-state index is -0.538. The lowest BCUT2D eigenvalue weighted by molar-refractivity contribution is 0.107. The molecule has 0 spiro atoms. The monoisotopic (exact) mass is 579 g/mol. The smallest absolute Gasteiger partial charge is 0.318 e. The lowest BCUT2D eigenvalue weighted by Crippen LogP contribution is -2.43. The highest BCUT2D eigenvalue weighted by Crippen LogP contribution is 2.40. The third kappa shape index (κ3) is 4.73. The zero-order valence-corrected chi connectivity index (χ0v) is 25.1. The number of nitrogens with zero attached hydrogens (tertiary/aromatic N) is 7. The third-order valence-corrected chi connectivity index (χ3v) is 10.3. The van der Waals surface area contributed by atoms with Crippen LogP contribution < -0.4 is 14.5 Å². The topological polar surface area (TPSA) is 82.8 Å². The molecule has 0 aliphatic carbocycles. The molecule has 1 unspecified atom stereocenters. The summed E-state index contributed by atoms with van der Waals surface area (Å²) in [6, 6.07) is 15.8. The average molecular weight is 580 g/mol. The fourth-order valence-electron chi connectivity index (χ4n) is 8.13. The van der Waals surface area contributed by atoms with Crippen molar-refractivity contribution < 1.29 is 9.84 Å². The van der Waals surface area contributed by atoms with Gasteiger partial charge in [0.25, 0.3) is 0 Å². The van der Waals surface area contributed by atoms with Gasteiger partial charge in [0.1, 0.15) is 12.4 Å². The number of anilines is 2. The Balaban J connectivity index is 1.17. The summed E-state index contributed by atoms with van der Waals surface area (Å²) >= 11 is 0. The number of benzene rings is 2. The highest BCUT2D eigenvalue weighted by atomic mass is 16.5. The Bertz CT molecular complexity index is 1640. The Morgan fingerprint density at radius 1 is 0.953 bits per heavy atom.